The summed E-state index contributed by atoms with van der Waals surface area (Å²) in [4.78, 5) is 23.8. The molecule has 28 heavy (non-hydrogen) atoms. The highest BCUT2D eigenvalue weighted by Crippen LogP contribution is 2.27. The van der Waals surface area contributed by atoms with E-state index >= 15 is 0 Å². The van der Waals surface area contributed by atoms with E-state index in [4.69, 9.17) is 0 Å². The SMILES string of the molecule is CCCCN1CCN(c2ccc(-c3nc4c(NC=O)cccc4[nH]3)cc2)CC1. The molecule has 3 aromatic rings. The molecule has 1 fully saturated rings. The number of nitrogens with zero attached hydrogens (tertiary/aromatic N) is 3. The van der Waals surface area contributed by atoms with Crippen LogP contribution in [0.25, 0.3) is 22.4 Å². The lowest BCUT2D eigenvalue weighted by Crippen LogP contribution is -2.46. The van der Waals surface area contributed by atoms with Gasteiger partial charge in [-0.2, -0.15) is 0 Å². The standard InChI is InChI=1S/C22H27N5O/c1-2-3-11-26-12-14-27(15-13-26)18-9-7-17(8-10-18)22-24-20-6-4-5-19(23-16-28)21(20)25-22/h4-10,16H,2-3,11-15H2,1H3,(H,23,28)(H,24,25). The number of aromatic amines is 1. The summed E-state index contributed by atoms with van der Waals surface area (Å²) in [5.41, 5.74) is 4.70. The summed E-state index contributed by atoms with van der Waals surface area (Å²) in [5, 5.41) is 2.71. The predicted molar refractivity (Wildman–Crippen MR) is 115 cm³/mol. The maximum atomic E-state index is 10.8. The van der Waals surface area contributed by atoms with Gasteiger partial charge in [0.05, 0.1) is 11.2 Å². The quantitative estimate of drug-likeness (QED) is 0.616. The molecule has 2 aromatic carbocycles. The number of unbranched alkanes of at least 4 members (excludes halogenated alkanes) is 1. The first kappa shape index (κ1) is 18.5. The number of hydrogen-bond donors (Lipinski definition) is 2. The van der Waals surface area contributed by atoms with Crippen LogP contribution in [0.1, 0.15) is 19.8 Å². The van der Waals surface area contributed by atoms with Gasteiger partial charge in [-0.25, -0.2) is 4.98 Å². The van der Waals surface area contributed by atoms with Gasteiger partial charge in [0.1, 0.15) is 11.3 Å². The number of hydrogen-bond acceptors (Lipinski definition) is 4. The first-order valence-corrected chi connectivity index (χ1v) is 10.0. The molecule has 2 N–H and O–H groups in total. The molecule has 146 valence electrons. The highest BCUT2D eigenvalue weighted by molar-refractivity contribution is 5.94. The highest BCUT2D eigenvalue weighted by atomic mass is 16.1. The third kappa shape index (κ3) is 3.87. The minimum absolute atomic E-state index is 0.680. The summed E-state index contributed by atoms with van der Waals surface area (Å²) in [6.45, 7) is 7.90. The Balaban J connectivity index is 1.47. The second kappa shape index (κ2) is 8.44. The largest absolute Gasteiger partial charge is 0.369 e. The fourth-order valence-corrected chi connectivity index (χ4v) is 3.79. The minimum atomic E-state index is 0.680. The van der Waals surface area contributed by atoms with Crippen LogP contribution in [0.3, 0.4) is 0 Å². The number of aromatic nitrogens is 2. The molecule has 6 heteroatoms. The van der Waals surface area contributed by atoms with Crippen LogP contribution in [-0.4, -0.2) is 54.0 Å². The second-order valence-corrected chi connectivity index (χ2v) is 7.28. The van der Waals surface area contributed by atoms with Crippen LogP contribution < -0.4 is 10.2 Å². The number of H-pyrrole nitrogens is 1. The number of imidazole rings is 1. The molecule has 1 amide bonds. The molecule has 0 atom stereocenters. The van der Waals surface area contributed by atoms with E-state index in [1.807, 2.05) is 18.2 Å². The van der Waals surface area contributed by atoms with E-state index in [1.165, 1.54) is 25.1 Å². The first-order chi connectivity index (χ1) is 13.8. The molecule has 2 heterocycles. The van der Waals surface area contributed by atoms with Crippen molar-refractivity contribution < 1.29 is 4.79 Å². The van der Waals surface area contributed by atoms with E-state index in [0.717, 1.165) is 48.6 Å². The number of benzene rings is 2. The molecular weight excluding hydrogens is 350 g/mol. The van der Waals surface area contributed by atoms with Gasteiger partial charge in [0.2, 0.25) is 6.41 Å². The van der Waals surface area contributed by atoms with Crippen molar-refractivity contribution in [3.63, 3.8) is 0 Å². The number of rotatable bonds is 7. The maximum absolute atomic E-state index is 10.8. The highest BCUT2D eigenvalue weighted by Gasteiger charge is 2.17. The van der Waals surface area contributed by atoms with Gasteiger partial charge >= 0.3 is 0 Å². The first-order valence-electron chi connectivity index (χ1n) is 10.0. The van der Waals surface area contributed by atoms with Gasteiger partial charge in [-0.05, 0) is 49.4 Å². The monoisotopic (exact) mass is 377 g/mol. The summed E-state index contributed by atoms with van der Waals surface area (Å²) < 4.78 is 0. The Morgan fingerprint density at radius 2 is 1.89 bits per heavy atom. The number of fused-ring (bicyclic) bond motifs is 1. The average Bonchev–Trinajstić information content (AvgIpc) is 3.18. The Hall–Kier alpha value is -2.86. The van der Waals surface area contributed by atoms with Crippen LogP contribution in [-0.2, 0) is 4.79 Å². The Bertz CT molecular complexity index is 926. The van der Waals surface area contributed by atoms with Gasteiger partial charge in [0.25, 0.3) is 0 Å². The molecule has 0 aliphatic carbocycles. The van der Waals surface area contributed by atoms with E-state index in [1.54, 1.807) is 0 Å². The van der Waals surface area contributed by atoms with Gasteiger partial charge in [-0.15, -0.1) is 0 Å². The van der Waals surface area contributed by atoms with Crippen LogP contribution in [0.15, 0.2) is 42.5 Å². The Kier molecular flexibility index (Phi) is 5.58. The number of anilines is 2. The van der Waals surface area contributed by atoms with Crippen LogP contribution in [0.2, 0.25) is 0 Å². The number of para-hydroxylation sites is 1. The topological polar surface area (TPSA) is 64.3 Å². The van der Waals surface area contributed by atoms with Crippen molar-refractivity contribution in [2.45, 2.75) is 19.8 Å². The Morgan fingerprint density at radius 1 is 1.11 bits per heavy atom. The molecule has 6 nitrogen and oxygen atoms in total. The van der Waals surface area contributed by atoms with Crippen molar-refractivity contribution >= 4 is 28.8 Å². The zero-order valence-corrected chi connectivity index (χ0v) is 16.3. The van der Waals surface area contributed by atoms with E-state index in [0.29, 0.717) is 12.1 Å². The van der Waals surface area contributed by atoms with E-state index in [2.05, 4.69) is 56.3 Å². The van der Waals surface area contributed by atoms with E-state index in [-0.39, 0.29) is 0 Å². The summed E-state index contributed by atoms with van der Waals surface area (Å²) in [6, 6.07) is 14.3. The smallest absolute Gasteiger partial charge is 0.211 e. The number of amides is 1. The third-order valence-electron chi connectivity index (χ3n) is 5.43. The lowest BCUT2D eigenvalue weighted by molar-refractivity contribution is -0.105. The molecule has 0 bridgehead atoms. The number of nitrogens with one attached hydrogen (secondary N) is 2. The van der Waals surface area contributed by atoms with Gasteiger partial charge in [0, 0.05) is 37.4 Å². The molecule has 0 unspecified atom stereocenters. The van der Waals surface area contributed by atoms with E-state index in [9.17, 15) is 4.79 Å². The van der Waals surface area contributed by atoms with E-state index < -0.39 is 0 Å². The molecule has 0 spiro atoms. The number of carbonyl (C=O) groups excluding carboxylic acids is 1. The van der Waals surface area contributed by atoms with Gasteiger partial charge < -0.3 is 15.2 Å². The third-order valence-corrected chi connectivity index (χ3v) is 5.43. The number of carbonyl (C=O) groups is 1. The normalized spacial score (nSPS) is 15.1. The zero-order chi connectivity index (χ0) is 19.3. The zero-order valence-electron chi connectivity index (χ0n) is 16.3. The van der Waals surface area contributed by atoms with Crippen LogP contribution in [0, 0.1) is 0 Å². The van der Waals surface area contributed by atoms with Crippen LogP contribution >= 0.6 is 0 Å². The minimum Gasteiger partial charge on any atom is -0.369 e. The fraction of sp³-hybridized carbons (Fsp3) is 0.364. The lowest BCUT2D eigenvalue weighted by atomic mass is 10.1. The van der Waals surface area contributed by atoms with Gasteiger partial charge in [-0.1, -0.05) is 19.4 Å². The van der Waals surface area contributed by atoms with Gasteiger partial charge in [0.15, 0.2) is 0 Å². The van der Waals surface area contributed by atoms with Gasteiger partial charge in [-0.3, -0.25) is 9.69 Å². The lowest BCUT2D eigenvalue weighted by Gasteiger charge is -2.36. The van der Waals surface area contributed by atoms with Crippen molar-refractivity contribution in [1.29, 1.82) is 0 Å². The summed E-state index contributed by atoms with van der Waals surface area (Å²) in [6.07, 6.45) is 3.23. The Labute approximate surface area is 165 Å². The molecule has 1 aliphatic rings. The van der Waals surface area contributed by atoms with Crippen molar-refractivity contribution in [1.82, 2.24) is 14.9 Å². The summed E-state index contributed by atoms with van der Waals surface area (Å²) >= 11 is 0. The molecular formula is C22H27N5O. The molecule has 0 saturated carbocycles. The summed E-state index contributed by atoms with van der Waals surface area (Å²) in [7, 11) is 0. The fourth-order valence-electron chi connectivity index (χ4n) is 3.79. The average molecular weight is 377 g/mol. The summed E-state index contributed by atoms with van der Waals surface area (Å²) in [5.74, 6) is 0.811. The van der Waals surface area contributed by atoms with Crippen LogP contribution in [0.4, 0.5) is 11.4 Å². The predicted octanol–water partition coefficient (Wildman–Crippen LogP) is 3.72. The number of piperazine rings is 1. The van der Waals surface area contributed by atoms with Crippen molar-refractivity contribution in [3.8, 4) is 11.4 Å². The van der Waals surface area contributed by atoms with Crippen molar-refractivity contribution in [3.05, 3.63) is 42.5 Å². The molecule has 0 radical (unpaired) electrons. The Morgan fingerprint density at radius 3 is 2.61 bits per heavy atom. The molecule has 1 aromatic heterocycles. The molecule has 4 rings (SSSR count). The maximum Gasteiger partial charge on any atom is 0.211 e. The van der Waals surface area contributed by atoms with Crippen LogP contribution in [0.5, 0.6) is 0 Å². The van der Waals surface area contributed by atoms with Crippen molar-refractivity contribution in [2.75, 3.05) is 42.9 Å². The molecule has 1 aliphatic heterocycles. The second-order valence-electron chi connectivity index (χ2n) is 7.28. The molecule has 1 saturated heterocycles. The van der Waals surface area contributed by atoms with Crippen molar-refractivity contribution in [2.24, 2.45) is 0 Å².